The normalized spacial score (nSPS) is 16.5. The Labute approximate surface area is 160 Å². The Hall–Kier alpha value is -1.96. The van der Waals surface area contributed by atoms with Gasteiger partial charge < -0.3 is 10.6 Å². The van der Waals surface area contributed by atoms with Gasteiger partial charge in [0.05, 0.1) is 5.69 Å². The highest BCUT2D eigenvalue weighted by Crippen LogP contribution is 2.22. The molecule has 3 rings (SSSR count). The Bertz CT molecular complexity index is 848. The minimum atomic E-state index is -3.58. The van der Waals surface area contributed by atoms with Gasteiger partial charge in [0, 0.05) is 13.1 Å². The lowest BCUT2D eigenvalue weighted by molar-refractivity contribution is 0.187. The number of hydrogen-bond acceptors (Lipinski definition) is 4. The van der Waals surface area contributed by atoms with Gasteiger partial charge in [0.1, 0.15) is 10.7 Å². The van der Waals surface area contributed by atoms with Crippen LogP contribution in [-0.4, -0.2) is 39.5 Å². The van der Waals surface area contributed by atoms with E-state index in [1.807, 2.05) is 12.1 Å². The quantitative estimate of drug-likeness (QED) is 0.712. The first-order valence-electron chi connectivity index (χ1n) is 9.25. The molecule has 1 aliphatic heterocycles. The average Bonchev–Trinajstić information content (AvgIpc) is 2.65. The van der Waals surface area contributed by atoms with Gasteiger partial charge in [0.2, 0.25) is 10.0 Å². The Morgan fingerprint density at radius 3 is 2.41 bits per heavy atom. The number of para-hydroxylation sites is 1. The van der Waals surface area contributed by atoms with Crippen molar-refractivity contribution in [3.8, 4) is 0 Å². The third-order valence-electron chi connectivity index (χ3n) is 5.07. The molecular formula is C20H26FN3O2S. The van der Waals surface area contributed by atoms with E-state index in [1.165, 1.54) is 23.8 Å². The van der Waals surface area contributed by atoms with E-state index in [0.29, 0.717) is 19.0 Å². The fourth-order valence-corrected chi connectivity index (χ4v) is 4.66. The van der Waals surface area contributed by atoms with Crippen LogP contribution in [-0.2, 0) is 16.4 Å². The van der Waals surface area contributed by atoms with Crippen molar-refractivity contribution in [1.29, 1.82) is 0 Å². The van der Waals surface area contributed by atoms with Crippen LogP contribution in [0.4, 0.5) is 10.1 Å². The topological polar surface area (TPSA) is 75.4 Å². The summed E-state index contributed by atoms with van der Waals surface area (Å²) in [6, 6.07) is 13.2. The summed E-state index contributed by atoms with van der Waals surface area (Å²) in [4.78, 5) is 2.40. The first-order valence-corrected chi connectivity index (χ1v) is 10.7. The number of halogens is 1. The molecule has 0 spiro atoms. The monoisotopic (exact) mass is 391 g/mol. The zero-order valence-corrected chi connectivity index (χ0v) is 16.1. The van der Waals surface area contributed by atoms with E-state index < -0.39 is 10.0 Å². The lowest BCUT2D eigenvalue weighted by Crippen LogP contribution is -2.40. The van der Waals surface area contributed by atoms with Crippen molar-refractivity contribution < 1.29 is 12.8 Å². The number of hydrogen-bond donors (Lipinski definition) is 2. The van der Waals surface area contributed by atoms with E-state index >= 15 is 0 Å². The zero-order chi connectivity index (χ0) is 19.3. The van der Waals surface area contributed by atoms with Crippen LogP contribution >= 0.6 is 0 Å². The summed E-state index contributed by atoms with van der Waals surface area (Å²) in [6.07, 6.45) is 3.10. The highest BCUT2D eigenvalue weighted by molar-refractivity contribution is 7.89. The molecule has 0 radical (unpaired) electrons. The number of nitrogen functional groups attached to an aromatic ring is 1. The lowest BCUT2D eigenvalue weighted by atomic mass is 9.90. The van der Waals surface area contributed by atoms with E-state index in [4.69, 9.17) is 5.73 Å². The molecule has 5 nitrogen and oxygen atoms in total. The molecule has 0 bridgehead atoms. The van der Waals surface area contributed by atoms with Gasteiger partial charge in [-0.2, -0.15) is 0 Å². The number of benzene rings is 2. The van der Waals surface area contributed by atoms with Crippen molar-refractivity contribution in [2.24, 2.45) is 5.92 Å². The van der Waals surface area contributed by atoms with Crippen LogP contribution in [0.3, 0.4) is 0 Å². The number of anilines is 1. The van der Waals surface area contributed by atoms with Crippen LogP contribution in [0.25, 0.3) is 0 Å². The first-order chi connectivity index (χ1) is 12.9. The highest BCUT2D eigenvalue weighted by Gasteiger charge is 2.21. The summed E-state index contributed by atoms with van der Waals surface area (Å²) in [7, 11) is -3.58. The molecule has 2 aromatic rings. The minimum Gasteiger partial charge on any atom is -0.398 e. The Kier molecular flexibility index (Phi) is 6.46. The van der Waals surface area contributed by atoms with E-state index in [9.17, 15) is 12.8 Å². The van der Waals surface area contributed by atoms with Crippen molar-refractivity contribution in [1.82, 2.24) is 9.62 Å². The molecule has 0 amide bonds. The van der Waals surface area contributed by atoms with Crippen LogP contribution in [0, 0.1) is 11.7 Å². The second kappa shape index (κ2) is 8.82. The molecule has 1 aliphatic rings. The Morgan fingerprint density at radius 1 is 1.07 bits per heavy atom. The molecule has 0 aromatic heterocycles. The van der Waals surface area contributed by atoms with Gasteiger partial charge in [-0.05, 0) is 68.1 Å². The molecule has 1 heterocycles. The van der Waals surface area contributed by atoms with Gasteiger partial charge in [-0.3, -0.25) is 0 Å². The summed E-state index contributed by atoms with van der Waals surface area (Å²) >= 11 is 0. The standard InChI is InChI=1S/C20H26FN3O2S/c21-18-7-5-16(6-8-18)15-17-9-12-24(13-10-17)14-11-23-27(25,26)20-4-2-1-3-19(20)22/h1-8,17,23H,9-15,22H2. The van der Waals surface area contributed by atoms with Gasteiger partial charge in [-0.1, -0.05) is 24.3 Å². The number of nitrogens with zero attached hydrogens (tertiary/aromatic N) is 1. The minimum absolute atomic E-state index is 0.128. The third-order valence-corrected chi connectivity index (χ3v) is 6.61. The van der Waals surface area contributed by atoms with Crippen LogP contribution in [0.5, 0.6) is 0 Å². The maximum absolute atomic E-state index is 13.0. The predicted octanol–water partition coefficient (Wildman–Crippen LogP) is 2.64. The summed E-state index contributed by atoms with van der Waals surface area (Å²) in [5.74, 6) is 0.390. The number of piperidine rings is 1. The number of nitrogens with two attached hydrogens (primary N) is 1. The molecule has 1 fully saturated rings. The van der Waals surface area contributed by atoms with E-state index in [1.54, 1.807) is 18.2 Å². The molecule has 2 aromatic carbocycles. The molecule has 146 valence electrons. The maximum Gasteiger partial charge on any atom is 0.242 e. The predicted molar refractivity (Wildman–Crippen MR) is 105 cm³/mol. The van der Waals surface area contributed by atoms with Gasteiger partial charge in [0.25, 0.3) is 0 Å². The van der Waals surface area contributed by atoms with Crippen molar-refractivity contribution in [2.45, 2.75) is 24.2 Å². The zero-order valence-electron chi connectivity index (χ0n) is 15.3. The number of nitrogens with one attached hydrogen (secondary N) is 1. The SMILES string of the molecule is Nc1ccccc1S(=O)(=O)NCCN1CCC(Cc2ccc(F)cc2)CC1. The number of rotatable bonds is 7. The molecule has 0 aliphatic carbocycles. The van der Waals surface area contributed by atoms with E-state index in [2.05, 4.69) is 9.62 Å². The lowest BCUT2D eigenvalue weighted by Gasteiger charge is -2.32. The molecule has 27 heavy (non-hydrogen) atoms. The third kappa shape index (κ3) is 5.51. The molecule has 0 saturated carbocycles. The molecule has 7 heteroatoms. The smallest absolute Gasteiger partial charge is 0.242 e. The second-order valence-electron chi connectivity index (χ2n) is 7.05. The maximum atomic E-state index is 13.0. The Balaban J connectivity index is 1.42. The summed E-state index contributed by atoms with van der Waals surface area (Å²) < 4.78 is 40.3. The average molecular weight is 392 g/mol. The largest absolute Gasteiger partial charge is 0.398 e. The number of likely N-dealkylation sites (tertiary alicyclic amines) is 1. The number of sulfonamides is 1. The van der Waals surface area contributed by atoms with Gasteiger partial charge >= 0.3 is 0 Å². The molecule has 0 unspecified atom stereocenters. The van der Waals surface area contributed by atoms with Crippen molar-refractivity contribution in [3.05, 3.63) is 59.9 Å². The molecule has 0 atom stereocenters. The van der Waals surface area contributed by atoms with Crippen molar-refractivity contribution >= 4 is 15.7 Å². The van der Waals surface area contributed by atoms with Crippen LogP contribution in [0.2, 0.25) is 0 Å². The van der Waals surface area contributed by atoms with Gasteiger partial charge in [-0.25, -0.2) is 17.5 Å². The van der Waals surface area contributed by atoms with Crippen molar-refractivity contribution in [2.75, 3.05) is 31.9 Å². The van der Waals surface area contributed by atoms with Gasteiger partial charge in [0.15, 0.2) is 0 Å². The molecule has 1 saturated heterocycles. The van der Waals surface area contributed by atoms with Gasteiger partial charge in [-0.15, -0.1) is 0 Å². The first kappa shape index (κ1) is 19.8. The summed E-state index contributed by atoms with van der Waals surface area (Å²) in [5.41, 5.74) is 7.18. The van der Waals surface area contributed by atoms with Crippen LogP contribution < -0.4 is 10.5 Å². The Morgan fingerprint density at radius 2 is 1.74 bits per heavy atom. The van der Waals surface area contributed by atoms with E-state index in [0.717, 1.165) is 32.4 Å². The molecular weight excluding hydrogens is 365 g/mol. The fourth-order valence-electron chi connectivity index (χ4n) is 3.51. The van der Waals surface area contributed by atoms with Crippen molar-refractivity contribution in [3.63, 3.8) is 0 Å². The highest BCUT2D eigenvalue weighted by atomic mass is 32.2. The van der Waals surface area contributed by atoms with Crippen LogP contribution in [0.15, 0.2) is 53.4 Å². The van der Waals surface area contributed by atoms with Crippen LogP contribution in [0.1, 0.15) is 18.4 Å². The summed E-state index contributed by atoms with van der Waals surface area (Å²) in [5, 5.41) is 0. The second-order valence-corrected chi connectivity index (χ2v) is 8.79. The van der Waals surface area contributed by atoms with E-state index in [-0.39, 0.29) is 16.4 Å². The molecule has 3 N–H and O–H groups in total. The fraction of sp³-hybridized carbons (Fsp3) is 0.400. The summed E-state index contributed by atoms with van der Waals surface area (Å²) in [6.45, 7) is 2.93.